The highest BCUT2D eigenvalue weighted by Gasteiger charge is 2.14. The summed E-state index contributed by atoms with van der Waals surface area (Å²) in [5, 5.41) is 1.95. The van der Waals surface area contributed by atoms with Crippen molar-refractivity contribution in [2.75, 3.05) is 0 Å². The zero-order valence-corrected chi connectivity index (χ0v) is 11.3. The molecule has 6 nitrogen and oxygen atoms in total. The van der Waals surface area contributed by atoms with Crippen LogP contribution in [-0.2, 0) is 13.6 Å². The minimum absolute atomic E-state index is 0.344. The van der Waals surface area contributed by atoms with E-state index >= 15 is 0 Å². The van der Waals surface area contributed by atoms with Crippen LogP contribution in [0.2, 0.25) is 0 Å². The molecule has 0 aliphatic heterocycles. The molecule has 19 heavy (non-hydrogen) atoms. The number of nitrogens with one attached hydrogen (secondary N) is 1. The normalized spacial score (nSPS) is 11.3. The van der Waals surface area contributed by atoms with E-state index in [1.807, 2.05) is 17.5 Å². The van der Waals surface area contributed by atoms with E-state index in [4.69, 9.17) is 0 Å². The van der Waals surface area contributed by atoms with Gasteiger partial charge in [0, 0.05) is 11.9 Å². The van der Waals surface area contributed by atoms with E-state index in [1.165, 1.54) is 11.6 Å². The van der Waals surface area contributed by atoms with Gasteiger partial charge in [0.2, 0.25) is 0 Å². The molecule has 3 aromatic heterocycles. The Labute approximate surface area is 112 Å². The lowest BCUT2D eigenvalue weighted by Crippen LogP contribution is -2.38. The smallest absolute Gasteiger partial charge is 0.332 e. The predicted molar refractivity (Wildman–Crippen MR) is 73.8 cm³/mol. The van der Waals surface area contributed by atoms with E-state index in [0.717, 1.165) is 9.44 Å². The molecule has 0 saturated carbocycles. The van der Waals surface area contributed by atoms with Crippen molar-refractivity contribution in [2.24, 2.45) is 7.05 Å². The number of fused-ring (bicyclic) bond motifs is 1. The number of thiophene rings is 1. The molecule has 0 spiro atoms. The highest BCUT2D eigenvalue weighted by Crippen LogP contribution is 2.12. The molecule has 0 aliphatic carbocycles. The van der Waals surface area contributed by atoms with Crippen molar-refractivity contribution in [2.45, 2.75) is 13.5 Å². The molecule has 3 aromatic rings. The Kier molecular flexibility index (Phi) is 2.63. The summed E-state index contributed by atoms with van der Waals surface area (Å²) in [6, 6.07) is 3.88. The molecule has 0 saturated heterocycles. The van der Waals surface area contributed by atoms with Crippen molar-refractivity contribution in [3.05, 3.63) is 49.1 Å². The number of hydrogen-bond acceptors (Lipinski definition) is 4. The Bertz CT molecular complexity index is 854. The number of rotatable bonds is 2. The fraction of sp³-hybridized carbons (Fsp3) is 0.250. The first-order valence-electron chi connectivity index (χ1n) is 5.76. The van der Waals surface area contributed by atoms with Crippen LogP contribution in [0.25, 0.3) is 11.2 Å². The van der Waals surface area contributed by atoms with Crippen LogP contribution in [0.15, 0.2) is 27.1 Å². The molecule has 0 amide bonds. The fourth-order valence-corrected chi connectivity index (χ4v) is 2.74. The Morgan fingerprint density at radius 3 is 2.89 bits per heavy atom. The summed E-state index contributed by atoms with van der Waals surface area (Å²) in [7, 11) is 1.48. The first-order chi connectivity index (χ1) is 9.08. The van der Waals surface area contributed by atoms with Gasteiger partial charge in [-0.05, 0) is 18.4 Å². The molecule has 1 N–H and O–H groups in total. The van der Waals surface area contributed by atoms with Gasteiger partial charge >= 0.3 is 5.69 Å². The Morgan fingerprint density at radius 1 is 1.42 bits per heavy atom. The van der Waals surface area contributed by atoms with Gasteiger partial charge in [-0.1, -0.05) is 6.07 Å². The third kappa shape index (κ3) is 1.82. The summed E-state index contributed by atoms with van der Waals surface area (Å²) in [5.74, 6) is 0.623. The highest BCUT2D eigenvalue weighted by molar-refractivity contribution is 7.09. The van der Waals surface area contributed by atoms with Crippen molar-refractivity contribution in [3.8, 4) is 0 Å². The molecule has 0 atom stereocenters. The second-order valence-electron chi connectivity index (χ2n) is 4.33. The largest absolute Gasteiger partial charge is 0.336 e. The molecule has 0 fully saturated rings. The number of H-pyrrole nitrogens is 1. The Balaban J connectivity index is 2.34. The van der Waals surface area contributed by atoms with Crippen molar-refractivity contribution in [3.63, 3.8) is 0 Å². The first kappa shape index (κ1) is 11.9. The summed E-state index contributed by atoms with van der Waals surface area (Å²) in [6.07, 6.45) is 0. The fourth-order valence-electron chi connectivity index (χ4n) is 2.05. The number of hydrogen-bond donors (Lipinski definition) is 1. The molecule has 0 bridgehead atoms. The molecule has 7 heteroatoms. The molecule has 0 radical (unpaired) electrons. The number of nitrogens with zero attached hydrogens (tertiary/aromatic N) is 3. The summed E-state index contributed by atoms with van der Waals surface area (Å²) in [4.78, 5) is 32.4. The highest BCUT2D eigenvalue weighted by atomic mass is 32.1. The molecule has 3 heterocycles. The molecule has 98 valence electrons. The number of aryl methyl sites for hydroxylation is 1. The van der Waals surface area contributed by atoms with Crippen molar-refractivity contribution in [1.82, 2.24) is 19.1 Å². The van der Waals surface area contributed by atoms with Crippen LogP contribution < -0.4 is 11.2 Å². The average molecular weight is 276 g/mol. The quantitative estimate of drug-likeness (QED) is 0.754. The van der Waals surface area contributed by atoms with Crippen molar-refractivity contribution >= 4 is 22.5 Å². The van der Waals surface area contributed by atoms with Crippen LogP contribution in [0.1, 0.15) is 10.7 Å². The second-order valence-corrected chi connectivity index (χ2v) is 5.37. The lowest BCUT2D eigenvalue weighted by Gasteiger charge is -2.06. The third-order valence-electron chi connectivity index (χ3n) is 2.99. The molecule has 0 aromatic carbocycles. The lowest BCUT2D eigenvalue weighted by atomic mass is 10.4. The minimum atomic E-state index is -0.350. The van der Waals surface area contributed by atoms with E-state index in [-0.39, 0.29) is 11.2 Å². The second kappa shape index (κ2) is 4.20. The summed E-state index contributed by atoms with van der Waals surface area (Å²) < 4.78 is 2.62. The van der Waals surface area contributed by atoms with Crippen molar-refractivity contribution in [1.29, 1.82) is 0 Å². The van der Waals surface area contributed by atoms with Gasteiger partial charge in [-0.25, -0.2) is 9.78 Å². The maximum atomic E-state index is 12.2. The predicted octanol–water partition coefficient (Wildman–Crippen LogP) is 0.842. The zero-order valence-electron chi connectivity index (χ0n) is 10.5. The van der Waals surface area contributed by atoms with Gasteiger partial charge in [-0.3, -0.25) is 13.9 Å². The van der Waals surface area contributed by atoms with E-state index in [0.29, 0.717) is 23.5 Å². The number of aromatic nitrogens is 4. The molecule has 3 rings (SSSR count). The maximum Gasteiger partial charge on any atom is 0.332 e. The molecule has 0 aliphatic rings. The zero-order chi connectivity index (χ0) is 13.6. The average Bonchev–Trinajstić information content (AvgIpc) is 3.01. The van der Waals surface area contributed by atoms with Crippen LogP contribution >= 0.6 is 11.3 Å². The van der Waals surface area contributed by atoms with E-state index in [9.17, 15) is 9.59 Å². The summed E-state index contributed by atoms with van der Waals surface area (Å²) in [6.45, 7) is 2.19. The lowest BCUT2D eigenvalue weighted by molar-refractivity contribution is 0.673. The van der Waals surface area contributed by atoms with Crippen LogP contribution in [0.3, 0.4) is 0 Å². The Morgan fingerprint density at radius 2 is 2.21 bits per heavy atom. The van der Waals surface area contributed by atoms with Crippen molar-refractivity contribution < 1.29 is 0 Å². The van der Waals surface area contributed by atoms with Gasteiger partial charge in [-0.15, -0.1) is 11.3 Å². The van der Waals surface area contributed by atoms with E-state index in [2.05, 4.69) is 9.97 Å². The van der Waals surface area contributed by atoms with Crippen LogP contribution in [-0.4, -0.2) is 19.1 Å². The van der Waals surface area contributed by atoms with E-state index < -0.39 is 0 Å². The van der Waals surface area contributed by atoms with Crippen LogP contribution in [0.4, 0.5) is 0 Å². The van der Waals surface area contributed by atoms with Gasteiger partial charge in [0.05, 0.1) is 6.54 Å². The molecular weight excluding hydrogens is 264 g/mol. The van der Waals surface area contributed by atoms with Gasteiger partial charge in [0.1, 0.15) is 11.3 Å². The van der Waals surface area contributed by atoms with Crippen LogP contribution in [0.5, 0.6) is 0 Å². The van der Waals surface area contributed by atoms with Gasteiger partial charge in [-0.2, -0.15) is 0 Å². The SMILES string of the molecule is Cc1nc2c([nH]1)c(=O)n(C)c(=O)n2Cc1cccs1. The third-order valence-corrected chi connectivity index (χ3v) is 3.85. The summed E-state index contributed by atoms with van der Waals surface area (Å²) >= 11 is 1.57. The summed E-state index contributed by atoms with van der Waals surface area (Å²) in [5.41, 5.74) is 0.0931. The number of imidazole rings is 1. The van der Waals surface area contributed by atoms with E-state index in [1.54, 1.807) is 18.3 Å². The van der Waals surface area contributed by atoms with Crippen LogP contribution in [0, 0.1) is 6.92 Å². The minimum Gasteiger partial charge on any atom is -0.336 e. The topological polar surface area (TPSA) is 72.7 Å². The Hall–Kier alpha value is -2.15. The monoisotopic (exact) mass is 276 g/mol. The standard InChI is InChI=1S/C12H12N4O2S/c1-7-13-9-10(14-7)16(6-8-4-3-5-19-8)12(18)15(2)11(9)17/h3-5H,6H2,1-2H3,(H,13,14). The number of aromatic amines is 1. The van der Waals surface area contributed by atoms with Gasteiger partial charge in [0.15, 0.2) is 5.65 Å². The maximum absolute atomic E-state index is 12.2. The van der Waals surface area contributed by atoms with Gasteiger partial charge < -0.3 is 4.98 Å². The van der Waals surface area contributed by atoms with Gasteiger partial charge in [0.25, 0.3) is 5.56 Å². The first-order valence-corrected chi connectivity index (χ1v) is 6.64. The molecular formula is C12H12N4O2S. The molecule has 0 unspecified atom stereocenters.